The van der Waals surface area contributed by atoms with Crippen molar-refractivity contribution in [2.45, 2.75) is 45.4 Å². The molecule has 0 aromatic heterocycles. The quantitative estimate of drug-likeness (QED) is 0.686. The third-order valence-corrected chi connectivity index (χ3v) is 7.73. The molecular weight excluding hydrogens is 211 g/mol. The maximum Gasteiger partial charge on any atom is -0.0137 e. The molecule has 1 heterocycles. The third-order valence-electron chi connectivity index (χ3n) is 3.79. The molecule has 0 aliphatic carbocycles. The first-order valence-electron chi connectivity index (χ1n) is 6.44. The van der Waals surface area contributed by atoms with E-state index in [0.29, 0.717) is 0 Å². The zero-order valence-corrected chi connectivity index (χ0v) is 11.7. The highest BCUT2D eigenvalue weighted by Crippen LogP contribution is 2.63. The highest BCUT2D eigenvalue weighted by atomic mass is 31.1. The van der Waals surface area contributed by atoms with Crippen LogP contribution in [0.1, 0.15) is 34.1 Å². The van der Waals surface area contributed by atoms with Crippen LogP contribution in [-0.4, -0.2) is 11.3 Å². The van der Waals surface area contributed by atoms with E-state index in [4.69, 9.17) is 0 Å². The molecule has 16 heavy (non-hydrogen) atoms. The van der Waals surface area contributed by atoms with E-state index in [2.05, 4.69) is 58.0 Å². The van der Waals surface area contributed by atoms with E-state index in [1.807, 2.05) is 0 Å². The Bertz CT molecular complexity index is 315. The standard InChI is InChI=1S/C15H23P/c1-11(2)14-10-15(12(3)4)16(14)13-8-6-5-7-9-13/h5-9,11-12,14-15H,10H2,1-4H3/t14-,15-/m0/s1. The molecule has 1 saturated heterocycles. The molecule has 0 unspecified atom stereocenters. The van der Waals surface area contributed by atoms with Crippen LogP contribution in [0.5, 0.6) is 0 Å². The summed E-state index contributed by atoms with van der Waals surface area (Å²) in [6.07, 6.45) is 1.45. The normalized spacial score (nSPS) is 26.1. The molecule has 0 bridgehead atoms. The zero-order valence-electron chi connectivity index (χ0n) is 10.9. The summed E-state index contributed by atoms with van der Waals surface area (Å²) in [6, 6.07) is 11.2. The summed E-state index contributed by atoms with van der Waals surface area (Å²) >= 11 is 0. The van der Waals surface area contributed by atoms with E-state index in [0.717, 1.165) is 23.2 Å². The van der Waals surface area contributed by atoms with Crippen LogP contribution in [0.15, 0.2) is 30.3 Å². The van der Waals surface area contributed by atoms with Crippen molar-refractivity contribution in [3.63, 3.8) is 0 Å². The summed E-state index contributed by atoms with van der Waals surface area (Å²) in [5.41, 5.74) is 1.93. The molecule has 0 radical (unpaired) electrons. The number of benzene rings is 1. The molecule has 2 atom stereocenters. The van der Waals surface area contributed by atoms with Crippen LogP contribution in [0, 0.1) is 11.8 Å². The third kappa shape index (κ3) is 2.18. The summed E-state index contributed by atoms with van der Waals surface area (Å²) in [6.45, 7) is 9.55. The maximum atomic E-state index is 2.39. The molecule has 2 rings (SSSR count). The first kappa shape index (κ1) is 12.1. The van der Waals surface area contributed by atoms with Gasteiger partial charge in [0, 0.05) is 0 Å². The Morgan fingerprint density at radius 3 is 1.88 bits per heavy atom. The summed E-state index contributed by atoms with van der Waals surface area (Å²) in [5.74, 6) is 1.70. The average molecular weight is 234 g/mol. The molecule has 0 saturated carbocycles. The van der Waals surface area contributed by atoms with E-state index >= 15 is 0 Å². The van der Waals surface area contributed by atoms with Crippen molar-refractivity contribution in [3.8, 4) is 0 Å². The first-order valence-corrected chi connectivity index (χ1v) is 7.92. The maximum absolute atomic E-state index is 2.39. The van der Waals surface area contributed by atoms with Gasteiger partial charge in [-0.15, -0.1) is 0 Å². The van der Waals surface area contributed by atoms with Gasteiger partial charge >= 0.3 is 0 Å². The van der Waals surface area contributed by atoms with E-state index in [-0.39, 0.29) is 7.92 Å². The molecule has 1 fully saturated rings. The van der Waals surface area contributed by atoms with Crippen LogP contribution in [0.2, 0.25) is 0 Å². The molecule has 1 heteroatoms. The fourth-order valence-electron chi connectivity index (χ4n) is 2.75. The van der Waals surface area contributed by atoms with Crippen molar-refractivity contribution in [2.24, 2.45) is 11.8 Å². The van der Waals surface area contributed by atoms with Crippen molar-refractivity contribution in [1.82, 2.24) is 0 Å². The van der Waals surface area contributed by atoms with E-state index in [1.165, 1.54) is 6.42 Å². The number of hydrogen-bond acceptors (Lipinski definition) is 0. The van der Waals surface area contributed by atoms with Gasteiger partial charge in [0.05, 0.1) is 0 Å². The van der Waals surface area contributed by atoms with Crippen molar-refractivity contribution in [2.75, 3.05) is 0 Å². The summed E-state index contributed by atoms with van der Waals surface area (Å²) in [5, 5.41) is 1.63. The Kier molecular flexibility index (Phi) is 3.70. The topological polar surface area (TPSA) is 0 Å². The second-order valence-corrected chi connectivity index (χ2v) is 8.26. The highest BCUT2D eigenvalue weighted by molar-refractivity contribution is 7.68. The Hall–Kier alpha value is -0.350. The molecule has 1 aliphatic heterocycles. The molecule has 1 aliphatic rings. The van der Waals surface area contributed by atoms with Gasteiger partial charge in [0.2, 0.25) is 0 Å². The summed E-state index contributed by atoms with van der Waals surface area (Å²) < 4.78 is 0. The molecule has 0 nitrogen and oxygen atoms in total. The van der Waals surface area contributed by atoms with Crippen molar-refractivity contribution in [3.05, 3.63) is 30.3 Å². The lowest BCUT2D eigenvalue weighted by atomic mass is 9.98. The second kappa shape index (κ2) is 4.88. The molecule has 1 aromatic carbocycles. The predicted molar refractivity (Wildman–Crippen MR) is 74.9 cm³/mol. The zero-order chi connectivity index (χ0) is 11.7. The van der Waals surface area contributed by atoms with Gasteiger partial charge in [-0.3, -0.25) is 0 Å². The fourth-order valence-corrected chi connectivity index (χ4v) is 6.33. The molecule has 88 valence electrons. The Labute approximate surface area is 101 Å². The Morgan fingerprint density at radius 1 is 0.938 bits per heavy atom. The van der Waals surface area contributed by atoms with Crippen molar-refractivity contribution >= 4 is 13.2 Å². The Balaban J connectivity index is 2.20. The molecular formula is C15H23P. The molecule has 0 amide bonds. The predicted octanol–water partition coefficient (Wildman–Crippen LogP) is 4.25. The lowest BCUT2D eigenvalue weighted by Crippen LogP contribution is -2.41. The average Bonchev–Trinajstić information content (AvgIpc) is 2.16. The monoisotopic (exact) mass is 234 g/mol. The van der Waals surface area contributed by atoms with Crippen LogP contribution >= 0.6 is 7.92 Å². The molecule has 0 N–H and O–H groups in total. The fraction of sp³-hybridized carbons (Fsp3) is 0.600. The van der Waals surface area contributed by atoms with Gasteiger partial charge in [-0.2, -0.15) is 0 Å². The number of hydrogen-bond donors (Lipinski definition) is 0. The Morgan fingerprint density at radius 2 is 1.44 bits per heavy atom. The smallest absolute Gasteiger partial charge is 0.0137 e. The minimum Gasteiger partial charge on any atom is -0.0684 e. The van der Waals surface area contributed by atoms with Crippen LogP contribution in [0.4, 0.5) is 0 Å². The van der Waals surface area contributed by atoms with Crippen LogP contribution in [0.3, 0.4) is 0 Å². The summed E-state index contributed by atoms with van der Waals surface area (Å²) in [4.78, 5) is 0. The van der Waals surface area contributed by atoms with Gasteiger partial charge in [0.15, 0.2) is 0 Å². The summed E-state index contributed by atoms with van der Waals surface area (Å²) in [7, 11) is 0.101. The van der Waals surface area contributed by atoms with Crippen LogP contribution in [0.25, 0.3) is 0 Å². The number of rotatable bonds is 3. The lowest BCUT2D eigenvalue weighted by molar-refractivity contribution is 0.448. The van der Waals surface area contributed by atoms with E-state index < -0.39 is 0 Å². The minimum atomic E-state index is 0.101. The second-order valence-electron chi connectivity index (χ2n) is 5.60. The van der Waals surface area contributed by atoms with Crippen molar-refractivity contribution < 1.29 is 0 Å². The minimum absolute atomic E-state index is 0.101. The van der Waals surface area contributed by atoms with Crippen LogP contribution in [-0.2, 0) is 0 Å². The lowest BCUT2D eigenvalue weighted by Gasteiger charge is -2.50. The first-order chi connectivity index (χ1) is 7.61. The van der Waals surface area contributed by atoms with E-state index in [9.17, 15) is 0 Å². The van der Waals surface area contributed by atoms with Gasteiger partial charge in [0.1, 0.15) is 0 Å². The van der Waals surface area contributed by atoms with E-state index in [1.54, 1.807) is 5.30 Å². The van der Waals surface area contributed by atoms with Gasteiger partial charge in [-0.25, -0.2) is 0 Å². The molecule has 0 spiro atoms. The van der Waals surface area contributed by atoms with Gasteiger partial charge in [0.25, 0.3) is 0 Å². The van der Waals surface area contributed by atoms with Gasteiger partial charge < -0.3 is 0 Å². The highest BCUT2D eigenvalue weighted by Gasteiger charge is 2.43. The van der Waals surface area contributed by atoms with Crippen molar-refractivity contribution in [1.29, 1.82) is 0 Å². The molecule has 1 aromatic rings. The largest absolute Gasteiger partial charge is 0.0684 e. The SMILES string of the molecule is CC(C)[C@@H]1C[C@@H](C(C)C)P1c1ccccc1. The van der Waals surface area contributed by atoms with Gasteiger partial charge in [-0.1, -0.05) is 65.9 Å². The van der Waals surface area contributed by atoms with Gasteiger partial charge in [-0.05, 0) is 34.9 Å². The van der Waals surface area contributed by atoms with Crippen LogP contribution < -0.4 is 5.30 Å².